The molecule has 0 atom stereocenters. The second-order valence-corrected chi connectivity index (χ2v) is 6.44. The number of halogens is 1. The van der Waals surface area contributed by atoms with Crippen molar-refractivity contribution in [2.24, 2.45) is 0 Å². The van der Waals surface area contributed by atoms with Gasteiger partial charge in [-0.05, 0) is 40.5 Å². The quantitative estimate of drug-likeness (QED) is 0.772. The maximum Gasteiger partial charge on any atom is 0.265 e. The Balaban J connectivity index is 2.05. The summed E-state index contributed by atoms with van der Waals surface area (Å²) in [4.78, 5) is 16.7. The minimum atomic E-state index is -0.0871. The van der Waals surface area contributed by atoms with Crippen LogP contribution in [0.1, 0.15) is 10.6 Å². The molecule has 0 saturated carbocycles. The molecule has 4 nitrogen and oxygen atoms in total. The molecular formula is C14H12BrN3OS. The Hall–Kier alpha value is -1.66. The third-order valence-corrected chi connectivity index (χ3v) is 5.10. The fourth-order valence-corrected chi connectivity index (χ4v) is 3.41. The molecule has 0 fully saturated rings. The highest BCUT2D eigenvalue weighted by atomic mass is 79.9. The topological polar surface area (TPSA) is 60.9 Å². The predicted octanol–water partition coefficient (Wildman–Crippen LogP) is 3.16. The molecule has 2 aromatic heterocycles. The third kappa shape index (κ3) is 2.25. The molecule has 0 amide bonds. The summed E-state index contributed by atoms with van der Waals surface area (Å²) in [6.07, 6.45) is 1.68. The van der Waals surface area contributed by atoms with Crippen molar-refractivity contribution in [1.29, 1.82) is 0 Å². The third-order valence-electron chi connectivity index (χ3n) is 3.15. The summed E-state index contributed by atoms with van der Waals surface area (Å²) in [5.74, 6) is 0. The number of pyridine rings is 1. The van der Waals surface area contributed by atoms with Crippen LogP contribution in [0.4, 0.5) is 5.69 Å². The van der Waals surface area contributed by atoms with Crippen molar-refractivity contribution in [3.8, 4) is 0 Å². The van der Waals surface area contributed by atoms with Crippen LogP contribution < -0.4 is 11.3 Å². The SMILES string of the molecule is Cc1c(N)cn(Cc2nc3ccccc3s2)c(=O)c1Br. The molecule has 2 N–H and O–H groups in total. The Labute approximate surface area is 128 Å². The number of hydrogen-bond acceptors (Lipinski definition) is 4. The van der Waals surface area contributed by atoms with E-state index < -0.39 is 0 Å². The number of thiazole rings is 1. The average Bonchev–Trinajstić information content (AvgIpc) is 2.84. The van der Waals surface area contributed by atoms with E-state index >= 15 is 0 Å². The number of nitrogen functional groups attached to an aromatic ring is 1. The number of nitrogens with two attached hydrogens (primary N) is 1. The van der Waals surface area contributed by atoms with Crippen LogP contribution in [0.3, 0.4) is 0 Å². The van der Waals surface area contributed by atoms with Gasteiger partial charge in [-0.1, -0.05) is 12.1 Å². The van der Waals surface area contributed by atoms with Crippen LogP contribution >= 0.6 is 27.3 Å². The molecule has 0 unspecified atom stereocenters. The molecule has 2 heterocycles. The highest BCUT2D eigenvalue weighted by Crippen LogP contribution is 2.23. The van der Waals surface area contributed by atoms with E-state index in [0.29, 0.717) is 16.7 Å². The normalized spacial score (nSPS) is 11.1. The highest BCUT2D eigenvalue weighted by molar-refractivity contribution is 9.10. The van der Waals surface area contributed by atoms with Crippen LogP contribution in [-0.2, 0) is 6.54 Å². The summed E-state index contributed by atoms with van der Waals surface area (Å²) in [6.45, 7) is 2.25. The first-order valence-corrected chi connectivity index (χ1v) is 7.66. The van der Waals surface area contributed by atoms with Gasteiger partial charge in [-0.2, -0.15) is 0 Å². The van der Waals surface area contributed by atoms with Crippen molar-refractivity contribution in [2.75, 3.05) is 5.73 Å². The van der Waals surface area contributed by atoms with Gasteiger partial charge < -0.3 is 10.3 Å². The summed E-state index contributed by atoms with van der Waals surface area (Å²) in [5, 5.41) is 0.892. The van der Waals surface area contributed by atoms with Gasteiger partial charge in [0, 0.05) is 6.20 Å². The van der Waals surface area contributed by atoms with Gasteiger partial charge in [0.1, 0.15) is 5.01 Å². The van der Waals surface area contributed by atoms with Crippen molar-refractivity contribution < 1.29 is 0 Å². The lowest BCUT2D eigenvalue weighted by Crippen LogP contribution is -2.22. The first-order chi connectivity index (χ1) is 9.56. The summed E-state index contributed by atoms with van der Waals surface area (Å²) >= 11 is 4.89. The van der Waals surface area contributed by atoms with Crippen molar-refractivity contribution in [1.82, 2.24) is 9.55 Å². The Kier molecular flexibility index (Phi) is 3.35. The first kappa shape index (κ1) is 13.3. The molecule has 102 valence electrons. The van der Waals surface area contributed by atoms with Crippen LogP contribution in [0, 0.1) is 6.92 Å². The molecule has 0 aliphatic heterocycles. The van der Waals surface area contributed by atoms with Crippen LogP contribution in [0.15, 0.2) is 39.7 Å². The Bertz CT molecular complexity index is 820. The Morgan fingerprint density at radius 3 is 2.90 bits per heavy atom. The molecule has 20 heavy (non-hydrogen) atoms. The van der Waals surface area contributed by atoms with Gasteiger partial charge in [-0.25, -0.2) is 4.98 Å². The van der Waals surface area contributed by atoms with E-state index in [1.54, 1.807) is 22.1 Å². The van der Waals surface area contributed by atoms with E-state index in [-0.39, 0.29) is 5.56 Å². The number of aromatic nitrogens is 2. The number of anilines is 1. The maximum absolute atomic E-state index is 12.2. The molecular weight excluding hydrogens is 338 g/mol. The number of fused-ring (bicyclic) bond motifs is 1. The zero-order valence-electron chi connectivity index (χ0n) is 10.8. The van der Waals surface area contributed by atoms with Crippen molar-refractivity contribution in [3.05, 3.63) is 55.9 Å². The van der Waals surface area contributed by atoms with Gasteiger partial charge >= 0.3 is 0 Å². The zero-order chi connectivity index (χ0) is 14.3. The predicted molar refractivity (Wildman–Crippen MR) is 86.3 cm³/mol. The van der Waals surface area contributed by atoms with E-state index in [0.717, 1.165) is 20.8 Å². The number of benzene rings is 1. The number of nitrogens with zero attached hydrogens (tertiary/aromatic N) is 2. The van der Waals surface area contributed by atoms with Gasteiger partial charge in [0.25, 0.3) is 5.56 Å². The number of hydrogen-bond donors (Lipinski definition) is 1. The van der Waals surface area contributed by atoms with Gasteiger partial charge in [0.2, 0.25) is 0 Å². The summed E-state index contributed by atoms with van der Waals surface area (Å²) in [7, 11) is 0. The molecule has 1 aromatic carbocycles. The zero-order valence-corrected chi connectivity index (χ0v) is 13.2. The number of rotatable bonds is 2. The first-order valence-electron chi connectivity index (χ1n) is 6.05. The summed E-state index contributed by atoms with van der Waals surface area (Å²) in [5.41, 5.74) is 8.15. The highest BCUT2D eigenvalue weighted by Gasteiger charge is 2.10. The minimum absolute atomic E-state index is 0.0871. The Morgan fingerprint density at radius 1 is 1.40 bits per heavy atom. The molecule has 0 saturated heterocycles. The molecule has 3 aromatic rings. The second kappa shape index (κ2) is 5.03. The van der Waals surface area contributed by atoms with Crippen molar-refractivity contribution >= 4 is 43.2 Å². The number of para-hydroxylation sites is 1. The molecule has 6 heteroatoms. The molecule has 3 rings (SSSR count). The lowest BCUT2D eigenvalue weighted by molar-refractivity contribution is 0.751. The second-order valence-electron chi connectivity index (χ2n) is 4.53. The minimum Gasteiger partial charge on any atom is -0.397 e. The summed E-state index contributed by atoms with van der Waals surface area (Å²) < 4.78 is 3.22. The lowest BCUT2D eigenvalue weighted by atomic mass is 10.2. The van der Waals surface area contributed by atoms with Crippen LogP contribution in [0.5, 0.6) is 0 Å². The van der Waals surface area contributed by atoms with Gasteiger partial charge in [-0.3, -0.25) is 4.79 Å². The van der Waals surface area contributed by atoms with Gasteiger partial charge in [0.05, 0.1) is 26.9 Å². The molecule has 0 aliphatic carbocycles. The van der Waals surface area contributed by atoms with Crippen molar-refractivity contribution in [2.45, 2.75) is 13.5 Å². The standard InChI is InChI=1S/C14H12BrN3OS/c1-8-9(16)6-18(14(19)13(8)15)7-12-17-10-4-2-3-5-11(10)20-12/h2-6H,7,16H2,1H3. The molecule has 0 radical (unpaired) electrons. The monoisotopic (exact) mass is 349 g/mol. The molecule has 0 aliphatic rings. The van der Waals surface area contributed by atoms with Crippen LogP contribution in [0.2, 0.25) is 0 Å². The van der Waals surface area contributed by atoms with E-state index in [4.69, 9.17) is 5.73 Å². The van der Waals surface area contributed by atoms with E-state index in [1.165, 1.54) is 0 Å². The largest absolute Gasteiger partial charge is 0.397 e. The fraction of sp³-hybridized carbons (Fsp3) is 0.143. The average molecular weight is 350 g/mol. The summed E-state index contributed by atoms with van der Waals surface area (Å²) in [6, 6.07) is 7.94. The van der Waals surface area contributed by atoms with Gasteiger partial charge in [0.15, 0.2) is 0 Å². The van der Waals surface area contributed by atoms with E-state index in [2.05, 4.69) is 20.9 Å². The fourth-order valence-electron chi connectivity index (χ4n) is 1.99. The van der Waals surface area contributed by atoms with Crippen LogP contribution in [0.25, 0.3) is 10.2 Å². The van der Waals surface area contributed by atoms with Crippen molar-refractivity contribution in [3.63, 3.8) is 0 Å². The smallest absolute Gasteiger partial charge is 0.265 e. The van der Waals surface area contributed by atoms with E-state index in [9.17, 15) is 4.79 Å². The van der Waals surface area contributed by atoms with Crippen LogP contribution in [-0.4, -0.2) is 9.55 Å². The lowest BCUT2D eigenvalue weighted by Gasteiger charge is -2.08. The van der Waals surface area contributed by atoms with Gasteiger partial charge in [-0.15, -0.1) is 11.3 Å². The molecule has 0 bridgehead atoms. The van der Waals surface area contributed by atoms with E-state index in [1.807, 2.05) is 31.2 Å². The molecule has 0 spiro atoms. The Morgan fingerprint density at radius 2 is 2.15 bits per heavy atom. The maximum atomic E-state index is 12.2.